The van der Waals surface area contributed by atoms with Crippen LogP contribution in [0.2, 0.25) is 0 Å². The molecule has 0 unspecified atom stereocenters. The van der Waals surface area contributed by atoms with E-state index in [1.807, 2.05) is 0 Å². The monoisotopic (exact) mass is 250 g/mol. The zero-order valence-corrected chi connectivity index (χ0v) is 9.60. The van der Waals surface area contributed by atoms with Gasteiger partial charge in [-0.2, -0.15) is 0 Å². The number of aliphatic hydroxyl groups excluding tert-OH is 1. The lowest BCUT2D eigenvalue weighted by Crippen LogP contribution is -2.32. The Balaban J connectivity index is 1.99. The Hall–Kier alpha value is -1.77. The molecule has 0 bridgehead atoms. The SMILES string of the molecule is Nc1ncnc2c1ncn2[C@H]1C[C@@H](N)[C@@H](CO)O1. The Labute approximate surface area is 103 Å². The molecule has 1 saturated heterocycles. The summed E-state index contributed by atoms with van der Waals surface area (Å²) in [6.07, 6.45) is 2.95. The topological polar surface area (TPSA) is 125 Å². The molecule has 0 aliphatic carbocycles. The first-order valence-corrected chi connectivity index (χ1v) is 5.65. The molecular formula is C10H14N6O2. The van der Waals surface area contributed by atoms with Crippen LogP contribution in [-0.2, 0) is 4.74 Å². The highest BCUT2D eigenvalue weighted by atomic mass is 16.5. The number of ether oxygens (including phenoxy) is 1. The Morgan fingerprint density at radius 3 is 3.00 bits per heavy atom. The van der Waals surface area contributed by atoms with Gasteiger partial charge in [0.05, 0.1) is 19.0 Å². The summed E-state index contributed by atoms with van der Waals surface area (Å²) in [7, 11) is 0. The number of imidazole rings is 1. The molecule has 0 aromatic carbocycles. The van der Waals surface area contributed by atoms with Crippen LogP contribution in [-0.4, -0.2) is 43.4 Å². The second kappa shape index (κ2) is 4.16. The highest BCUT2D eigenvalue weighted by Crippen LogP contribution is 2.30. The first-order chi connectivity index (χ1) is 8.70. The van der Waals surface area contributed by atoms with Crippen molar-refractivity contribution in [3.63, 3.8) is 0 Å². The van der Waals surface area contributed by atoms with Crippen LogP contribution in [0, 0.1) is 0 Å². The lowest BCUT2D eigenvalue weighted by atomic mass is 10.1. The van der Waals surface area contributed by atoms with E-state index in [-0.39, 0.29) is 25.0 Å². The van der Waals surface area contributed by atoms with Crippen molar-refractivity contribution >= 4 is 17.0 Å². The molecule has 2 aromatic heterocycles. The predicted octanol–water partition coefficient (Wildman–Crippen LogP) is -0.984. The molecule has 2 aromatic rings. The first-order valence-electron chi connectivity index (χ1n) is 5.65. The van der Waals surface area contributed by atoms with Crippen LogP contribution in [0.5, 0.6) is 0 Å². The number of fused-ring (bicyclic) bond motifs is 1. The zero-order valence-electron chi connectivity index (χ0n) is 9.60. The number of nitrogens with zero attached hydrogens (tertiary/aromatic N) is 4. The summed E-state index contributed by atoms with van der Waals surface area (Å²) in [4.78, 5) is 12.2. The molecule has 0 spiro atoms. The Bertz CT molecular complexity index is 570. The summed E-state index contributed by atoms with van der Waals surface area (Å²) in [5, 5.41) is 9.13. The van der Waals surface area contributed by atoms with Gasteiger partial charge in [0.15, 0.2) is 11.5 Å². The van der Waals surface area contributed by atoms with Gasteiger partial charge in [-0.05, 0) is 0 Å². The van der Waals surface area contributed by atoms with Crippen LogP contribution < -0.4 is 11.5 Å². The Kier molecular flexibility index (Phi) is 2.62. The van der Waals surface area contributed by atoms with Crippen molar-refractivity contribution in [2.45, 2.75) is 24.8 Å². The quantitative estimate of drug-likeness (QED) is 0.625. The molecule has 96 valence electrons. The van der Waals surface area contributed by atoms with Crippen LogP contribution in [0.3, 0.4) is 0 Å². The Morgan fingerprint density at radius 1 is 1.44 bits per heavy atom. The van der Waals surface area contributed by atoms with Gasteiger partial charge < -0.3 is 21.3 Å². The average molecular weight is 250 g/mol. The standard InChI is InChI=1S/C10H14N6O2/c11-5-1-7(18-6(5)2-17)16-4-15-8-9(12)13-3-14-10(8)16/h3-7,17H,1-2,11H2,(H2,12,13,14)/t5-,6-,7-/m1/s1. The number of aliphatic hydroxyl groups is 1. The fraction of sp³-hybridized carbons (Fsp3) is 0.500. The average Bonchev–Trinajstić information content (AvgIpc) is 2.93. The van der Waals surface area contributed by atoms with E-state index in [4.69, 9.17) is 21.3 Å². The minimum absolute atomic E-state index is 0.0958. The molecule has 18 heavy (non-hydrogen) atoms. The highest BCUT2D eigenvalue weighted by molar-refractivity contribution is 5.81. The first kappa shape index (κ1) is 11.3. The minimum atomic E-state index is -0.355. The van der Waals surface area contributed by atoms with Gasteiger partial charge in [0, 0.05) is 12.5 Å². The van der Waals surface area contributed by atoms with Crippen molar-refractivity contribution in [1.29, 1.82) is 0 Å². The van der Waals surface area contributed by atoms with Crippen molar-refractivity contribution in [3.8, 4) is 0 Å². The van der Waals surface area contributed by atoms with Crippen molar-refractivity contribution in [2.24, 2.45) is 5.73 Å². The van der Waals surface area contributed by atoms with Gasteiger partial charge >= 0.3 is 0 Å². The van der Waals surface area contributed by atoms with Crippen LogP contribution in [0.25, 0.3) is 11.2 Å². The third-order valence-electron chi connectivity index (χ3n) is 3.16. The summed E-state index contributed by atoms with van der Waals surface area (Å²) in [6, 6.07) is -0.198. The second-order valence-corrected chi connectivity index (χ2v) is 4.29. The number of anilines is 1. The summed E-state index contributed by atoms with van der Waals surface area (Å²) < 4.78 is 7.43. The van der Waals surface area contributed by atoms with E-state index in [2.05, 4.69) is 15.0 Å². The summed E-state index contributed by atoms with van der Waals surface area (Å²) in [5.41, 5.74) is 12.8. The maximum Gasteiger partial charge on any atom is 0.167 e. The van der Waals surface area contributed by atoms with Crippen molar-refractivity contribution in [3.05, 3.63) is 12.7 Å². The van der Waals surface area contributed by atoms with E-state index in [9.17, 15) is 0 Å². The number of nitrogen functional groups attached to an aromatic ring is 1. The van der Waals surface area contributed by atoms with Gasteiger partial charge in [0.25, 0.3) is 0 Å². The van der Waals surface area contributed by atoms with Crippen LogP contribution >= 0.6 is 0 Å². The third-order valence-corrected chi connectivity index (χ3v) is 3.16. The lowest BCUT2D eigenvalue weighted by molar-refractivity contribution is -0.0233. The number of hydrogen-bond acceptors (Lipinski definition) is 7. The van der Waals surface area contributed by atoms with Gasteiger partial charge in [-0.15, -0.1) is 0 Å². The molecule has 3 heterocycles. The van der Waals surface area contributed by atoms with Gasteiger partial charge in [-0.3, -0.25) is 4.57 Å². The van der Waals surface area contributed by atoms with Crippen LogP contribution in [0.1, 0.15) is 12.6 Å². The van der Waals surface area contributed by atoms with Crippen molar-refractivity contribution in [2.75, 3.05) is 12.3 Å². The molecule has 1 fully saturated rings. The van der Waals surface area contributed by atoms with Gasteiger partial charge in [0.2, 0.25) is 0 Å². The van der Waals surface area contributed by atoms with Gasteiger partial charge in [-0.1, -0.05) is 0 Å². The molecule has 8 nitrogen and oxygen atoms in total. The molecule has 0 saturated carbocycles. The Morgan fingerprint density at radius 2 is 2.28 bits per heavy atom. The smallest absolute Gasteiger partial charge is 0.167 e. The molecule has 5 N–H and O–H groups in total. The molecule has 0 amide bonds. The summed E-state index contributed by atoms with van der Waals surface area (Å²) >= 11 is 0. The van der Waals surface area contributed by atoms with E-state index in [1.54, 1.807) is 10.9 Å². The molecule has 8 heteroatoms. The summed E-state index contributed by atoms with van der Waals surface area (Å²) in [6.45, 7) is -0.0958. The van der Waals surface area contributed by atoms with E-state index in [1.165, 1.54) is 6.33 Å². The maximum absolute atomic E-state index is 9.13. The number of nitrogens with two attached hydrogens (primary N) is 2. The molecule has 1 aliphatic rings. The maximum atomic E-state index is 9.13. The largest absolute Gasteiger partial charge is 0.394 e. The zero-order chi connectivity index (χ0) is 12.7. The van der Waals surface area contributed by atoms with Gasteiger partial charge in [-0.25, -0.2) is 15.0 Å². The number of hydrogen-bond donors (Lipinski definition) is 3. The normalized spacial score (nSPS) is 28.0. The van der Waals surface area contributed by atoms with Crippen LogP contribution in [0.15, 0.2) is 12.7 Å². The van der Waals surface area contributed by atoms with Crippen molar-refractivity contribution < 1.29 is 9.84 Å². The third kappa shape index (κ3) is 1.62. The number of rotatable bonds is 2. The number of aromatic nitrogens is 4. The van der Waals surface area contributed by atoms with Crippen LogP contribution in [0.4, 0.5) is 5.82 Å². The van der Waals surface area contributed by atoms with E-state index >= 15 is 0 Å². The lowest BCUT2D eigenvalue weighted by Gasteiger charge is -2.13. The van der Waals surface area contributed by atoms with E-state index in [0.29, 0.717) is 23.4 Å². The van der Waals surface area contributed by atoms with Gasteiger partial charge in [0.1, 0.15) is 18.1 Å². The molecule has 1 aliphatic heterocycles. The highest BCUT2D eigenvalue weighted by Gasteiger charge is 2.34. The van der Waals surface area contributed by atoms with E-state index in [0.717, 1.165) is 0 Å². The summed E-state index contributed by atoms with van der Waals surface area (Å²) in [5.74, 6) is 0.333. The fourth-order valence-electron chi connectivity index (χ4n) is 2.18. The fourth-order valence-corrected chi connectivity index (χ4v) is 2.18. The predicted molar refractivity (Wildman–Crippen MR) is 63.3 cm³/mol. The minimum Gasteiger partial charge on any atom is -0.394 e. The van der Waals surface area contributed by atoms with E-state index < -0.39 is 0 Å². The molecule has 3 rings (SSSR count). The molecule has 0 radical (unpaired) electrons. The molecular weight excluding hydrogens is 236 g/mol. The van der Waals surface area contributed by atoms with Crippen molar-refractivity contribution in [1.82, 2.24) is 19.5 Å². The molecule has 3 atom stereocenters. The second-order valence-electron chi connectivity index (χ2n) is 4.29.